The Morgan fingerprint density at radius 3 is 2.97 bits per heavy atom. The van der Waals surface area contributed by atoms with Gasteiger partial charge in [-0.1, -0.05) is 6.07 Å². The minimum absolute atomic E-state index is 0.0427. The number of aryl methyl sites for hydroxylation is 1. The lowest BCUT2D eigenvalue weighted by Gasteiger charge is -2.24. The number of carbonyl (C=O) groups excluding carboxylic acids is 2. The van der Waals surface area contributed by atoms with Gasteiger partial charge in [0.25, 0.3) is 5.56 Å². The molecule has 0 unspecified atom stereocenters. The van der Waals surface area contributed by atoms with Crippen molar-refractivity contribution >= 4 is 34.3 Å². The van der Waals surface area contributed by atoms with Gasteiger partial charge < -0.3 is 14.1 Å². The van der Waals surface area contributed by atoms with Gasteiger partial charge in [0.15, 0.2) is 0 Å². The van der Waals surface area contributed by atoms with Crippen molar-refractivity contribution in [2.45, 2.75) is 39.3 Å². The highest BCUT2D eigenvalue weighted by molar-refractivity contribution is 7.10. The highest BCUT2D eigenvalue weighted by Gasteiger charge is 2.31. The number of amides is 1. The fourth-order valence-electron chi connectivity index (χ4n) is 3.78. The average Bonchev–Trinajstić information content (AvgIpc) is 3.42. The van der Waals surface area contributed by atoms with Crippen LogP contribution < -0.4 is 5.56 Å². The Kier molecular flexibility index (Phi) is 5.23. The molecule has 152 valence electrons. The lowest BCUT2D eigenvalue weighted by Crippen LogP contribution is -2.36. The van der Waals surface area contributed by atoms with Crippen LogP contribution in [-0.2, 0) is 16.1 Å². The van der Waals surface area contributed by atoms with Gasteiger partial charge in [-0.3, -0.25) is 14.2 Å². The van der Waals surface area contributed by atoms with Crippen LogP contribution in [-0.4, -0.2) is 39.5 Å². The molecule has 1 aliphatic heterocycles. The zero-order chi connectivity index (χ0) is 20.5. The van der Waals surface area contributed by atoms with Gasteiger partial charge in [0.1, 0.15) is 29.6 Å². The van der Waals surface area contributed by atoms with Crippen LogP contribution in [0.3, 0.4) is 0 Å². The summed E-state index contributed by atoms with van der Waals surface area (Å²) in [7, 11) is 0. The number of hydrogen-bond donors (Lipinski definition) is 0. The van der Waals surface area contributed by atoms with Crippen LogP contribution in [0.4, 0.5) is 0 Å². The van der Waals surface area contributed by atoms with Crippen LogP contribution >= 0.6 is 11.3 Å². The van der Waals surface area contributed by atoms with E-state index in [-0.39, 0.29) is 47.5 Å². The van der Waals surface area contributed by atoms with Crippen LogP contribution in [0, 0.1) is 6.92 Å². The van der Waals surface area contributed by atoms with Gasteiger partial charge in [-0.05, 0) is 38.1 Å². The zero-order valence-electron chi connectivity index (χ0n) is 16.2. The molecule has 4 heterocycles. The number of aromatic nitrogens is 2. The molecule has 29 heavy (non-hydrogen) atoms. The van der Waals surface area contributed by atoms with E-state index in [1.54, 1.807) is 25.2 Å². The van der Waals surface area contributed by atoms with Crippen LogP contribution in [0.25, 0.3) is 11.1 Å². The number of likely N-dealkylation sites (tertiary alicyclic amines) is 1. The summed E-state index contributed by atoms with van der Waals surface area (Å²) in [6.45, 7) is 3.96. The van der Waals surface area contributed by atoms with E-state index in [9.17, 15) is 14.4 Å². The van der Waals surface area contributed by atoms with E-state index >= 15 is 0 Å². The maximum Gasteiger partial charge on any atom is 0.342 e. The number of carbonyl (C=O) groups is 2. The third-order valence-corrected chi connectivity index (χ3v) is 6.06. The van der Waals surface area contributed by atoms with Crippen molar-refractivity contribution in [3.63, 3.8) is 0 Å². The summed E-state index contributed by atoms with van der Waals surface area (Å²) in [5.41, 5.74) is -0.356. The molecule has 1 saturated heterocycles. The molecule has 3 aromatic rings. The Bertz CT molecular complexity index is 1120. The first kappa shape index (κ1) is 19.4. The van der Waals surface area contributed by atoms with Gasteiger partial charge in [-0.2, -0.15) is 0 Å². The lowest BCUT2D eigenvalue weighted by atomic mass is 10.2. The van der Waals surface area contributed by atoms with Gasteiger partial charge in [-0.15, -0.1) is 11.3 Å². The Morgan fingerprint density at radius 2 is 2.24 bits per heavy atom. The molecule has 8 nitrogen and oxygen atoms in total. The number of nitrogens with zero attached hydrogens (tertiary/aromatic N) is 3. The van der Waals surface area contributed by atoms with Crippen molar-refractivity contribution in [1.82, 2.24) is 14.5 Å². The maximum absolute atomic E-state index is 13.0. The third kappa shape index (κ3) is 3.46. The van der Waals surface area contributed by atoms with Gasteiger partial charge in [-0.25, -0.2) is 9.78 Å². The van der Waals surface area contributed by atoms with Gasteiger partial charge >= 0.3 is 5.97 Å². The summed E-state index contributed by atoms with van der Waals surface area (Å²) in [4.78, 5) is 45.4. The number of esters is 1. The maximum atomic E-state index is 13.0. The van der Waals surface area contributed by atoms with Crippen LogP contribution in [0.5, 0.6) is 0 Å². The van der Waals surface area contributed by atoms with Crippen LogP contribution in [0.15, 0.2) is 33.1 Å². The molecule has 0 radical (unpaired) electrons. The SMILES string of the molecule is CCOC(=O)c1c(C)oc2ncn(CC(=O)N3CCC[C@@H]3c3cccs3)c(=O)c12. The first-order valence-corrected chi connectivity index (χ1v) is 10.4. The molecule has 3 aromatic heterocycles. The second-order valence-corrected chi connectivity index (χ2v) is 7.85. The number of fused-ring (bicyclic) bond motifs is 1. The van der Waals surface area contributed by atoms with E-state index in [2.05, 4.69) is 4.98 Å². The Hall–Kier alpha value is -2.94. The molecule has 4 rings (SSSR count). The summed E-state index contributed by atoms with van der Waals surface area (Å²) < 4.78 is 11.7. The third-order valence-electron chi connectivity index (χ3n) is 5.08. The van der Waals surface area contributed by atoms with E-state index in [1.165, 1.54) is 10.9 Å². The second kappa shape index (κ2) is 7.82. The minimum atomic E-state index is -0.635. The molecular formula is C20H21N3O5S. The van der Waals surface area contributed by atoms with E-state index in [0.717, 1.165) is 17.7 Å². The fraction of sp³-hybridized carbons (Fsp3) is 0.400. The van der Waals surface area contributed by atoms with Crippen molar-refractivity contribution in [3.8, 4) is 0 Å². The molecular weight excluding hydrogens is 394 g/mol. The van der Waals surface area contributed by atoms with Crippen molar-refractivity contribution in [2.24, 2.45) is 0 Å². The summed E-state index contributed by atoms with van der Waals surface area (Å²) in [5, 5.41) is 2.05. The highest BCUT2D eigenvalue weighted by Crippen LogP contribution is 2.34. The fourth-order valence-corrected chi connectivity index (χ4v) is 4.65. The van der Waals surface area contributed by atoms with Gasteiger partial charge in [0.2, 0.25) is 11.6 Å². The number of thiophene rings is 1. The lowest BCUT2D eigenvalue weighted by molar-refractivity contribution is -0.132. The topological polar surface area (TPSA) is 94.6 Å². The Balaban J connectivity index is 1.65. The minimum Gasteiger partial charge on any atom is -0.462 e. The van der Waals surface area contributed by atoms with E-state index < -0.39 is 11.5 Å². The van der Waals surface area contributed by atoms with Crippen molar-refractivity contribution in [1.29, 1.82) is 0 Å². The summed E-state index contributed by atoms with van der Waals surface area (Å²) >= 11 is 1.63. The molecule has 9 heteroatoms. The summed E-state index contributed by atoms with van der Waals surface area (Å²) in [6.07, 6.45) is 3.12. The predicted molar refractivity (Wildman–Crippen MR) is 107 cm³/mol. The first-order chi connectivity index (χ1) is 14.0. The van der Waals surface area contributed by atoms with Crippen LogP contribution in [0.1, 0.15) is 46.8 Å². The molecule has 1 amide bonds. The van der Waals surface area contributed by atoms with E-state index in [4.69, 9.17) is 9.15 Å². The number of furan rings is 1. The summed E-state index contributed by atoms with van der Waals surface area (Å²) in [6, 6.07) is 4.04. The molecule has 1 aliphatic rings. The molecule has 0 spiro atoms. The van der Waals surface area contributed by atoms with E-state index in [0.29, 0.717) is 6.54 Å². The smallest absolute Gasteiger partial charge is 0.342 e. The molecule has 0 N–H and O–H groups in total. The van der Waals surface area contributed by atoms with E-state index in [1.807, 2.05) is 22.4 Å². The molecule has 1 fully saturated rings. The first-order valence-electron chi connectivity index (χ1n) is 9.49. The van der Waals surface area contributed by atoms with Gasteiger partial charge in [0.05, 0.1) is 12.6 Å². The second-order valence-electron chi connectivity index (χ2n) is 6.87. The zero-order valence-corrected chi connectivity index (χ0v) is 17.0. The Morgan fingerprint density at radius 1 is 1.41 bits per heavy atom. The predicted octanol–water partition coefficient (Wildman–Crippen LogP) is 2.90. The van der Waals surface area contributed by atoms with Gasteiger partial charge in [0, 0.05) is 11.4 Å². The van der Waals surface area contributed by atoms with Crippen molar-refractivity contribution in [2.75, 3.05) is 13.2 Å². The molecule has 0 aromatic carbocycles. The van der Waals surface area contributed by atoms with Crippen molar-refractivity contribution < 1.29 is 18.7 Å². The molecule has 0 saturated carbocycles. The highest BCUT2D eigenvalue weighted by atomic mass is 32.1. The summed E-state index contributed by atoms with van der Waals surface area (Å²) in [5.74, 6) is -0.518. The number of hydrogen-bond acceptors (Lipinski definition) is 7. The standard InChI is InChI=1S/C20H21N3O5S/c1-3-27-20(26)16-12(2)28-18-17(16)19(25)22(11-21-18)10-15(24)23-8-4-6-13(23)14-7-5-9-29-14/h5,7,9,11,13H,3-4,6,8,10H2,1-2H3/t13-/m1/s1. The molecule has 0 aliphatic carbocycles. The Labute approximate surface area is 170 Å². The molecule has 1 atom stereocenters. The number of rotatable bonds is 5. The van der Waals surface area contributed by atoms with Crippen molar-refractivity contribution in [3.05, 3.63) is 50.4 Å². The van der Waals surface area contributed by atoms with Crippen LogP contribution in [0.2, 0.25) is 0 Å². The quantitative estimate of drug-likeness (QED) is 0.595. The largest absolute Gasteiger partial charge is 0.462 e. The molecule has 0 bridgehead atoms. The monoisotopic (exact) mass is 415 g/mol. The number of ether oxygens (including phenoxy) is 1. The average molecular weight is 415 g/mol. The normalized spacial score (nSPS) is 16.5.